The van der Waals surface area contributed by atoms with E-state index in [4.69, 9.17) is 9.47 Å². The Hall–Kier alpha value is -1.81. The molecule has 1 aromatic heterocycles. The molecule has 0 radical (unpaired) electrons. The Labute approximate surface area is 106 Å². The van der Waals surface area contributed by atoms with E-state index in [-0.39, 0.29) is 5.56 Å². The fraction of sp³-hybridized carbons (Fsp3) is 0.357. The molecule has 0 bridgehead atoms. The Morgan fingerprint density at radius 3 is 2.72 bits per heavy atom. The van der Waals surface area contributed by atoms with Crippen LogP contribution in [0.2, 0.25) is 0 Å². The molecule has 0 N–H and O–H groups in total. The van der Waals surface area contributed by atoms with Crippen LogP contribution < -0.4 is 10.3 Å². The molecule has 4 nitrogen and oxygen atoms in total. The van der Waals surface area contributed by atoms with Crippen molar-refractivity contribution >= 4 is 10.8 Å². The van der Waals surface area contributed by atoms with Gasteiger partial charge in [-0.05, 0) is 25.1 Å². The number of benzene rings is 1. The lowest BCUT2D eigenvalue weighted by Gasteiger charge is -2.10. The van der Waals surface area contributed by atoms with Gasteiger partial charge in [-0.15, -0.1) is 0 Å². The SMILES string of the molecule is CCn1ccc2c(OCCOC)cccc2c1=O. The predicted octanol–water partition coefficient (Wildman–Crippen LogP) is 2.05. The van der Waals surface area contributed by atoms with E-state index < -0.39 is 0 Å². The van der Waals surface area contributed by atoms with Gasteiger partial charge in [0.1, 0.15) is 12.4 Å². The molecule has 2 rings (SSSR count). The first-order valence-electron chi connectivity index (χ1n) is 6.02. The van der Waals surface area contributed by atoms with Gasteiger partial charge in [-0.1, -0.05) is 6.07 Å². The maximum atomic E-state index is 12.1. The Balaban J connectivity index is 2.44. The second-order valence-corrected chi connectivity index (χ2v) is 3.97. The maximum absolute atomic E-state index is 12.1. The van der Waals surface area contributed by atoms with Crippen LogP contribution in [-0.4, -0.2) is 24.9 Å². The van der Waals surface area contributed by atoms with Gasteiger partial charge in [0.05, 0.1) is 12.0 Å². The summed E-state index contributed by atoms with van der Waals surface area (Å²) in [4.78, 5) is 12.1. The summed E-state index contributed by atoms with van der Waals surface area (Å²) in [6.07, 6.45) is 1.80. The quantitative estimate of drug-likeness (QED) is 0.759. The third-order valence-corrected chi connectivity index (χ3v) is 2.86. The van der Waals surface area contributed by atoms with Crippen LogP contribution in [0.15, 0.2) is 35.3 Å². The van der Waals surface area contributed by atoms with Crippen LogP contribution in [0.1, 0.15) is 6.92 Å². The molecule has 0 saturated carbocycles. The highest BCUT2D eigenvalue weighted by atomic mass is 16.5. The van der Waals surface area contributed by atoms with Crippen molar-refractivity contribution in [1.82, 2.24) is 4.57 Å². The van der Waals surface area contributed by atoms with Crippen LogP contribution in [-0.2, 0) is 11.3 Å². The van der Waals surface area contributed by atoms with Crippen LogP contribution in [0.5, 0.6) is 5.75 Å². The van der Waals surface area contributed by atoms with Crippen molar-refractivity contribution in [3.05, 3.63) is 40.8 Å². The summed E-state index contributed by atoms with van der Waals surface area (Å²) in [5.41, 5.74) is 0.0205. The van der Waals surface area contributed by atoms with E-state index in [9.17, 15) is 4.79 Å². The average molecular weight is 247 g/mol. The number of ether oxygens (including phenoxy) is 2. The molecule has 0 aliphatic rings. The molecule has 0 atom stereocenters. The van der Waals surface area contributed by atoms with Crippen LogP contribution in [0, 0.1) is 0 Å². The Morgan fingerprint density at radius 2 is 2.00 bits per heavy atom. The molecule has 1 heterocycles. The summed E-state index contributed by atoms with van der Waals surface area (Å²) in [6, 6.07) is 7.45. The normalized spacial score (nSPS) is 10.8. The maximum Gasteiger partial charge on any atom is 0.258 e. The van der Waals surface area contributed by atoms with E-state index in [1.165, 1.54) is 0 Å². The Bertz CT molecular complexity index is 589. The third-order valence-electron chi connectivity index (χ3n) is 2.86. The van der Waals surface area contributed by atoms with Gasteiger partial charge in [0.2, 0.25) is 0 Å². The Morgan fingerprint density at radius 1 is 1.17 bits per heavy atom. The van der Waals surface area contributed by atoms with Gasteiger partial charge in [-0.2, -0.15) is 0 Å². The fourth-order valence-electron chi connectivity index (χ4n) is 1.90. The van der Waals surface area contributed by atoms with E-state index in [0.717, 1.165) is 11.1 Å². The van der Waals surface area contributed by atoms with Crippen LogP contribution in [0.4, 0.5) is 0 Å². The number of aromatic nitrogens is 1. The molecule has 18 heavy (non-hydrogen) atoms. The van der Waals surface area contributed by atoms with Crippen LogP contribution >= 0.6 is 0 Å². The van der Waals surface area contributed by atoms with Crippen LogP contribution in [0.3, 0.4) is 0 Å². The number of rotatable bonds is 5. The predicted molar refractivity (Wildman–Crippen MR) is 71.3 cm³/mol. The van der Waals surface area contributed by atoms with E-state index in [0.29, 0.717) is 25.1 Å². The molecule has 0 spiro atoms. The molecule has 0 fully saturated rings. The Kier molecular flexibility index (Phi) is 3.99. The van der Waals surface area contributed by atoms with Gasteiger partial charge in [-0.25, -0.2) is 0 Å². The summed E-state index contributed by atoms with van der Waals surface area (Å²) >= 11 is 0. The number of aryl methyl sites for hydroxylation is 1. The lowest BCUT2D eigenvalue weighted by Crippen LogP contribution is -2.18. The second-order valence-electron chi connectivity index (χ2n) is 3.97. The lowest BCUT2D eigenvalue weighted by atomic mass is 10.1. The number of hydrogen-bond donors (Lipinski definition) is 0. The summed E-state index contributed by atoms with van der Waals surface area (Å²) in [5.74, 6) is 0.727. The second kappa shape index (κ2) is 5.69. The minimum Gasteiger partial charge on any atom is -0.491 e. The van der Waals surface area contributed by atoms with Crippen molar-refractivity contribution in [3.8, 4) is 5.75 Å². The van der Waals surface area contributed by atoms with E-state index in [1.54, 1.807) is 17.9 Å². The first-order valence-corrected chi connectivity index (χ1v) is 6.02. The topological polar surface area (TPSA) is 40.5 Å². The zero-order valence-electron chi connectivity index (χ0n) is 10.7. The number of nitrogens with zero attached hydrogens (tertiary/aromatic N) is 1. The van der Waals surface area contributed by atoms with Crippen molar-refractivity contribution in [2.75, 3.05) is 20.3 Å². The number of pyridine rings is 1. The van der Waals surface area contributed by atoms with Gasteiger partial charge in [-0.3, -0.25) is 4.79 Å². The first kappa shape index (κ1) is 12.6. The molecule has 0 aliphatic heterocycles. The number of methoxy groups -OCH3 is 1. The summed E-state index contributed by atoms with van der Waals surface area (Å²) in [5, 5.41) is 1.54. The molecule has 1 aromatic carbocycles. The van der Waals surface area contributed by atoms with E-state index in [2.05, 4.69) is 0 Å². The first-order chi connectivity index (χ1) is 8.77. The largest absolute Gasteiger partial charge is 0.491 e. The molecular formula is C14H17NO3. The molecule has 0 aliphatic carbocycles. The van der Waals surface area contributed by atoms with E-state index >= 15 is 0 Å². The highest BCUT2D eigenvalue weighted by Crippen LogP contribution is 2.22. The summed E-state index contributed by atoms with van der Waals surface area (Å²) < 4.78 is 12.2. The van der Waals surface area contributed by atoms with Crippen molar-refractivity contribution in [1.29, 1.82) is 0 Å². The third kappa shape index (κ3) is 2.38. The van der Waals surface area contributed by atoms with Crippen molar-refractivity contribution < 1.29 is 9.47 Å². The summed E-state index contributed by atoms with van der Waals surface area (Å²) in [6.45, 7) is 3.63. The van der Waals surface area contributed by atoms with Crippen LogP contribution in [0.25, 0.3) is 10.8 Å². The molecule has 0 saturated heterocycles. The highest BCUT2D eigenvalue weighted by molar-refractivity contribution is 5.87. The minimum absolute atomic E-state index is 0.0205. The molecule has 2 aromatic rings. The molecular weight excluding hydrogens is 230 g/mol. The molecule has 0 unspecified atom stereocenters. The fourth-order valence-corrected chi connectivity index (χ4v) is 1.90. The minimum atomic E-state index is 0.0205. The van der Waals surface area contributed by atoms with Gasteiger partial charge >= 0.3 is 0 Å². The monoisotopic (exact) mass is 247 g/mol. The smallest absolute Gasteiger partial charge is 0.258 e. The van der Waals surface area contributed by atoms with Crippen molar-refractivity contribution in [2.24, 2.45) is 0 Å². The standard InChI is InChI=1S/C14H17NO3/c1-3-15-8-7-11-12(14(15)16)5-4-6-13(11)18-10-9-17-2/h4-8H,3,9-10H2,1-2H3. The average Bonchev–Trinajstić information content (AvgIpc) is 2.40. The highest BCUT2D eigenvalue weighted by Gasteiger charge is 2.06. The zero-order chi connectivity index (χ0) is 13.0. The van der Waals surface area contributed by atoms with Crippen molar-refractivity contribution in [3.63, 3.8) is 0 Å². The van der Waals surface area contributed by atoms with Crippen molar-refractivity contribution in [2.45, 2.75) is 13.5 Å². The van der Waals surface area contributed by atoms with E-state index in [1.807, 2.05) is 31.2 Å². The van der Waals surface area contributed by atoms with Gasteiger partial charge in [0.15, 0.2) is 0 Å². The summed E-state index contributed by atoms with van der Waals surface area (Å²) in [7, 11) is 1.63. The zero-order valence-corrected chi connectivity index (χ0v) is 10.7. The van der Waals surface area contributed by atoms with Gasteiger partial charge in [0, 0.05) is 25.2 Å². The number of hydrogen-bond acceptors (Lipinski definition) is 3. The molecule has 0 amide bonds. The molecule has 96 valence electrons. The molecule has 4 heteroatoms. The van der Waals surface area contributed by atoms with Gasteiger partial charge in [0.25, 0.3) is 5.56 Å². The lowest BCUT2D eigenvalue weighted by molar-refractivity contribution is 0.147. The number of fused-ring (bicyclic) bond motifs is 1. The van der Waals surface area contributed by atoms with Gasteiger partial charge < -0.3 is 14.0 Å².